The lowest BCUT2D eigenvalue weighted by atomic mass is 10.1. The Hall–Kier alpha value is -0.0800. The molecule has 0 spiro atoms. The van der Waals surface area contributed by atoms with Gasteiger partial charge in [-0.3, -0.25) is 0 Å². The van der Waals surface area contributed by atoms with Crippen molar-refractivity contribution in [1.29, 1.82) is 0 Å². The minimum Gasteiger partial charge on any atom is -0.370 e. The van der Waals surface area contributed by atoms with Crippen LogP contribution in [0.2, 0.25) is 0 Å². The zero-order valence-corrected chi connectivity index (χ0v) is 9.69. The van der Waals surface area contributed by atoms with Crippen molar-refractivity contribution < 1.29 is 4.74 Å². The van der Waals surface area contributed by atoms with Gasteiger partial charge in [0.25, 0.3) is 0 Å². The van der Waals surface area contributed by atoms with Gasteiger partial charge in [-0.25, -0.2) is 0 Å². The van der Waals surface area contributed by atoms with Gasteiger partial charge in [0, 0.05) is 0 Å². The van der Waals surface area contributed by atoms with Crippen LogP contribution in [0.25, 0.3) is 0 Å². The quantitative estimate of drug-likeness (QED) is 0.614. The van der Waals surface area contributed by atoms with Crippen molar-refractivity contribution in [3.63, 3.8) is 0 Å². The molecular weight excluding hydrogens is 150 g/mol. The SMILES string of the molecule is CC(C)(C)OC(C)(C)C.CCN. The third-order valence-corrected chi connectivity index (χ3v) is 0.612. The summed E-state index contributed by atoms with van der Waals surface area (Å²) in [5.41, 5.74) is 4.82. The Morgan fingerprint density at radius 2 is 1.08 bits per heavy atom. The molecule has 0 atom stereocenters. The summed E-state index contributed by atoms with van der Waals surface area (Å²) in [7, 11) is 0. The van der Waals surface area contributed by atoms with E-state index in [1.807, 2.05) is 6.92 Å². The van der Waals surface area contributed by atoms with Gasteiger partial charge in [0.2, 0.25) is 0 Å². The van der Waals surface area contributed by atoms with E-state index in [1.54, 1.807) is 0 Å². The van der Waals surface area contributed by atoms with E-state index in [4.69, 9.17) is 10.5 Å². The molecule has 2 heteroatoms. The van der Waals surface area contributed by atoms with Crippen LogP contribution in [0.3, 0.4) is 0 Å². The lowest BCUT2D eigenvalue weighted by Crippen LogP contribution is -2.31. The lowest BCUT2D eigenvalue weighted by Gasteiger charge is -2.30. The van der Waals surface area contributed by atoms with E-state index >= 15 is 0 Å². The summed E-state index contributed by atoms with van der Waals surface area (Å²) in [6.45, 7) is 15.1. The highest BCUT2D eigenvalue weighted by Gasteiger charge is 2.19. The first kappa shape index (κ1) is 14.4. The summed E-state index contributed by atoms with van der Waals surface area (Å²) in [4.78, 5) is 0. The Balaban J connectivity index is 0. The van der Waals surface area contributed by atoms with Crippen molar-refractivity contribution in [3.05, 3.63) is 0 Å². The van der Waals surface area contributed by atoms with Crippen LogP contribution in [-0.2, 0) is 4.74 Å². The minimum absolute atomic E-state index is 0.0156. The van der Waals surface area contributed by atoms with Crippen molar-refractivity contribution in [2.24, 2.45) is 5.73 Å². The van der Waals surface area contributed by atoms with E-state index in [9.17, 15) is 0 Å². The molecule has 0 rings (SSSR count). The summed E-state index contributed by atoms with van der Waals surface area (Å²) < 4.78 is 5.62. The first-order valence-corrected chi connectivity index (χ1v) is 4.52. The van der Waals surface area contributed by atoms with Crippen molar-refractivity contribution in [3.8, 4) is 0 Å². The van der Waals surface area contributed by atoms with Gasteiger partial charge in [-0.05, 0) is 48.1 Å². The van der Waals surface area contributed by atoms with E-state index in [-0.39, 0.29) is 11.2 Å². The second-order valence-corrected chi connectivity index (χ2v) is 4.74. The van der Waals surface area contributed by atoms with Gasteiger partial charge in [-0.1, -0.05) is 6.92 Å². The molecule has 0 fully saturated rings. The van der Waals surface area contributed by atoms with Crippen LogP contribution in [-0.4, -0.2) is 17.7 Å². The van der Waals surface area contributed by atoms with Crippen LogP contribution in [0.1, 0.15) is 48.5 Å². The molecule has 0 radical (unpaired) electrons. The minimum atomic E-state index is -0.0156. The van der Waals surface area contributed by atoms with Gasteiger partial charge in [0.05, 0.1) is 11.2 Å². The highest BCUT2D eigenvalue weighted by molar-refractivity contribution is 4.68. The Labute approximate surface area is 77.5 Å². The number of hydrogen-bond acceptors (Lipinski definition) is 2. The summed E-state index contributed by atoms with van der Waals surface area (Å²) in [6, 6.07) is 0. The fourth-order valence-electron chi connectivity index (χ4n) is 0.919. The normalized spacial score (nSPS) is 12.0. The molecule has 2 N–H and O–H groups in total. The maximum atomic E-state index is 5.62. The lowest BCUT2D eigenvalue weighted by molar-refractivity contribution is -0.102. The molecule has 0 unspecified atom stereocenters. The fourth-order valence-corrected chi connectivity index (χ4v) is 0.919. The Bertz CT molecular complexity index is 85.4. The average molecular weight is 175 g/mol. The molecule has 0 aromatic heterocycles. The summed E-state index contributed by atoms with van der Waals surface area (Å²) in [6.07, 6.45) is 0. The molecular formula is C10H25NO. The predicted molar refractivity (Wildman–Crippen MR) is 55.3 cm³/mol. The monoisotopic (exact) mass is 175 g/mol. The van der Waals surface area contributed by atoms with Gasteiger partial charge in [-0.15, -0.1) is 0 Å². The molecule has 0 bridgehead atoms. The van der Waals surface area contributed by atoms with E-state index in [0.29, 0.717) is 0 Å². The van der Waals surface area contributed by atoms with Crippen LogP contribution in [0.5, 0.6) is 0 Å². The highest BCUT2D eigenvalue weighted by Crippen LogP contribution is 2.17. The van der Waals surface area contributed by atoms with E-state index in [0.717, 1.165) is 6.54 Å². The highest BCUT2D eigenvalue weighted by atomic mass is 16.5. The molecule has 76 valence electrons. The largest absolute Gasteiger partial charge is 0.370 e. The van der Waals surface area contributed by atoms with Gasteiger partial charge >= 0.3 is 0 Å². The molecule has 0 aliphatic heterocycles. The Morgan fingerprint density at radius 3 is 1.08 bits per heavy atom. The molecule has 0 aromatic carbocycles. The van der Waals surface area contributed by atoms with Gasteiger partial charge < -0.3 is 10.5 Å². The molecule has 0 aromatic rings. The van der Waals surface area contributed by atoms with Crippen LogP contribution in [0.4, 0.5) is 0 Å². The molecule has 0 amide bonds. The third-order valence-electron chi connectivity index (χ3n) is 0.612. The third kappa shape index (κ3) is 22.5. The first-order valence-electron chi connectivity index (χ1n) is 4.52. The summed E-state index contributed by atoms with van der Waals surface area (Å²) in [5, 5.41) is 0. The van der Waals surface area contributed by atoms with Gasteiger partial charge in [0.15, 0.2) is 0 Å². The second-order valence-electron chi connectivity index (χ2n) is 4.74. The van der Waals surface area contributed by atoms with Crippen molar-refractivity contribution in [2.45, 2.75) is 59.7 Å². The zero-order valence-electron chi connectivity index (χ0n) is 9.69. The number of hydrogen-bond donors (Lipinski definition) is 1. The predicted octanol–water partition coefficient (Wildman–Crippen LogP) is 2.57. The van der Waals surface area contributed by atoms with Crippen LogP contribution in [0.15, 0.2) is 0 Å². The van der Waals surface area contributed by atoms with Crippen molar-refractivity contribution >= 4 is 0 Å². The number of ether oxygens (including phenoxy) is 1. The molecule has 0 heterocycles. The van der Waals surface area contributed by atoms with Gasteiger partial charge in [0.1, 0.15) is 0 Å². The van der Waals surface area contributed by atoms with Crippen molar-refractivity contribution in [2.75, 3.05) is 6.54 Å². The average Bonchev–Trinajstić information content (AvgIpc) is 1.53. The Kier molecular flexibility index (Phi) is 6.68. The number of nitrogens with two attached hydrogens (primary N) is 1. The summed E-state index contributed by atoms with van der Waals surface area (Å²) >= 11 is 0. The molecule has 2 nitrogen and oxygen atoms in total. The van der Waals surface area contributed by atoms with Crippen LogP contribution < -0.4 is 5.73 Å². The molecule has 0 aliphatic carbocycles. The fraction of sp³-hybridized carbons (Fsp3) is 1.00. The summed E-state index contributed by atoms with van der Waals surface area (Å²) in [5.74, 6) is 0. The zero-order chi connectivity index (χ0) is 10.4. The van der Waals surface area contributed by atoms with E-state index in [2.05, 4.69) is 41.5 Å². The first-order chi connectivity index (χ1) is 5.12. The smallest absolute Gasteiger partial charge is 0.0605 e. The van der Waals surface area contributed by atoms with E-state index in [1.165, 1.54) is 0 Å². The standard InChI is InChI=1S/C8H18O.C2H7N/c1-7(2,3)9-8(4,5)6;1-2-3/h1-6H3;2-3H2,1H3. The molecule has 12 heavy (non-hydrogen) atoms. The van der Waals surface area contributed by atoms with E-state index < -0.39 is 0 Å². The molecule has 0 saturated carbocycles. The maximum absolute atomic E-state index is 5.62. The van der Waals surface area contributed by atoms with Crippen LogP contribution in [0, 0.1) is 0 Å². The maximum Gasteiger partial charge on any atom is 0.0605 e. The number of rotatable bonds is 0. The second kappa shape index (κ2) is 5.55. The van der Waals surface area contributed by atoms with Crippen LogP contribution >= 0.6 is 0 Å². The van der Waals surface area contributed by atoms with Gasteiger partial charge in [-0.2, -0.15) is 0 Å². The molecule has 0 saturated heterocycles. The molecule has 0 aliphatic rings. The topological polar surface area (TPSA) is 35.2 Å². The van der Waals surface area contributed by atoms with Crippen molar-refractivity contribution in [1.82, 2.24) is 0 Å². The Morgan fingerprint density at radius 1 is 0.917 bits per heavy atom.